The highest BCUT2D eigenvalue weighted by atomic mass is 16.2. The van der Waals surface area contributed by atoms with Gasteiger partial charge in [0.15, 0.2) is 0 Å². The van der Waals surface area contributed by atoms with E-state index in [1.54, 1.807) is 13.3 Å². The first-order valence-corrected chi connectivity index (χ1v) is 8.81. The van der Waals surface area contributed by atoms with E-state index >= 15 is 0 Å². The number of hydrogen-bond acceptors (Lipinski definition) is 4. The third kappa shape index (κ3) is 4.26. The second kappa shape index (κ2) is 7.96. The van der Waals surface area contributed by atoms with Gasteiger partial charge in [0.05, 0.1) is 0 Å². The molecule has 3 rings (SSSR count). The molecule has 1 fully saturated rings. The Morgan fingerprint density at radius 3 is 2.60 bits per heavy atom. The summed E-state index contributed by atoms with van der Waals surface area (Å²) in [5.74, 6) is 0.409. The molecule has 0 radical (unpaired) electrons. The van der Waals surface area contributed by atoms with Crippen molar-refractivity contribution in [1.29, 1.82) is 0 Å². The minimum atomic E-state index is -0.348. The predicted molar refractivity (Wildman–Crippen MR) is 100 cm³/mol. The van der Waals surface area contributed by atoms with Gasteiger partial charge in [0, 0.05) is 31.8 Å². The molecule has 0 saturated heterocycles. The smallest absolute Gasteiger partial charge is 0.292 e. The summed E-state index contributed by atoms with van der Waals surface area (Å²) in [4.78, 5) is 27.6. The van der Waals surface area contributed by atoms with Crippen LogP contribution in [0, 0.1) is 0 Å². The Bertz CT molecular complexity index is 801. The van der Waals surface area contributed by atoms with Crippen LogP contribution >= 0.6 is 0 Å². The predicted octanol–water partition coefficient (Wildman–Crippen LogP) is 2.71. The minimum Gasteiger partial charge on any atom is -0.292 e. The Kier molecular flexibility index (Phi) is 5.48. The van der Waals surface area contributed by atoms with Gasteiger partial charge in [-0.2, -0.15) is 5.10 Å². The summed E-state index contributed by atoms with van der Waals surface area (Å²) in [6, 6.07) is 11.5. The third-order valence-electron chi connectivity index (χ3n) is 4.66. The number of hydrazone groups is 1. The fraction of sp³-hybridized carbons (Fsp3) is 0.421. The average Bonchev–Trinajstić information content (AvgIpc) is 2.63. The van der Waals surface area contributed by atoms with E-state index in [1.165, 1.54) is 22.1 Å². The summed E-state index contributed by atoms with van der Waals surface area (Å²) < 4.78 is 1.37. The number of nitrogens with zero attached hydrogens (tertiary/aromatic N) is 3. The van der Waals surface area contributed by atoms with Crippen LogP contribution < -0.4 is 16.3 Å². The Morgan fingerprint density at radius 2 is 1.92 bits per heavy atom. The topological polar surface area (TPSA) is 70.5 Å². The van der Waals surface area contributed by atoms with Crippen LogP contribution in [0.5, 0.6) is 0 Å². The van der Waals surface area contributed by atoms with Crippen molar-refractivity contribution in [1.82, 2.24) is 9.55 Å². The van der Waals surface area contributed by atoms with Crippen molar-refractivity contribution < 1.29 is 0 Å². The van der Waals surface area contributed by atoms with E-state index in [0.717, 1.165) is 31.2 Å². The highest BCUT2D eigenvalue weighted by Gasteiger charge is 2.19. The van der Waals surface area contributed by atoms with Crippen LogP contribution in [0.15, 0.2) is 51.1 Å². The van der Waals surface area contributed by atoms with E-state index in [4.69, 9.17) is 0 Å². The molecule has 132 valence electrons. The molecule has 1 aromatic heterocycles. The average molecular weight is 340 g/mol. The number of benzene rings is 1. The molecule has 1 N–H and O–H groups in total. The van der Waals surface area contributed by atoms with Crippen LogP contribution in [0.3, 0.4) is 0 Å². The lowest BCUT2D eigenvalue weighted by molar-refractivity contribution is 0.336. The van der Waals surface area contributed by atoms with Gasteiger partial charge in [0.2, 0.25) is 0 Å². The molecule has 0 bridgehead atoms. The number of hydrogen-bond donors (Lipinski definition) is 1. The van der Waals surface area contributed by atoms with Crippen molar-refractivity contribution in [3.8, 4) is 0 Å². The van der Waals surface area contributed by atoms with Crippen molar-refractivity contribution >= 4 is 12.0 Å². The Morgan fingerprint density at radius 1 is 1.20 bits per heavy atom. The standard InChI is InChI=1S/C19H24N4O2/c1-22(20-13-12-15-8-4-2-5-9-15)17-14-18(24)23(19(25)21-17)16-10-6-3-7-11-16/h2,4-5,8-9,13-14,16H,3,6-7,10-12H2,1H3,(H,21,25). The van der Waals surface area contributed by atoms with Crippen molar-refractivity contribution in [3.05, 3.63) is 62.8 Å². The van der Waals surface area contributed by atoms with Crippen LogP contribution in [-0.4, -0.2) is 22.8 Å². The van der Waals surface area contributed by atoms with Gasteiger partial charge in [-0.1, -0.05) is 49.6 Å². The first-order valence-electron chi connectivity index (χ1n) is 8.81. The highest BCUT2D eigenvalue weighted by Crippen LogP contribution is 2.25. The summed E-state index contributed by atoms with van der Waals surface area (Å²) in [5, 5.41) is 5.83. The van der Waals surface area contributed by atoms with E-state index in [1.807, 2.05) is 30.3 Å². The SMILES string of the molecule is CN(N=CCc1ccccc1)c1cc(=O)n(C2CCCCC2)c(=O)[nH]1. The van der Waals surface area contributed by atoms with Crippen LogP contribution in [0.2, 0.25) is 0 Å². The molecule has 1 aliphatic rings. The molecule has 1 heterocycles. The molecule has 1 saturated carbocycles. The molecule has 0 unspecified atom stereocenters. The number of nitrogens with one attached hydrogen (secondary N) is 1. The fourth-order valence-corrected chi connectivity index (χ4v) is 3.30. The zero-order valence-corrected chi connectivity index (χ0v) is 14.5. The largest absolute Gasteiger partial charge is 0.330 e. The summed E-state index contributed by atoms with van der Waals surface area (Å²) in [6.07, 6.45) is 7.57. The molecule has 6 nitrogen and oxygen atoms in total. The maximum Gasteiger partial charge on any atom is 0.330 e. The lowest BCUT2D eigenvalue weighted by Gasteiger charge is -2.23. The normalized spacial score (nSPS) is 15.6. The molecule has 0 amide bonds. The van der Waals surface area contributed by atoms with Crippen molar-refractivity contribution in [2.45, 2.75) is 44.6 Å². The molecular weight excluding hydrogens is 316 g/mol. The third-order valence-corrected chi connectivity index (χ3v) is 4.66. The van der Waals surface area contributed by atoms with Crippen molar-refractivity contribution in [3.63, 3.8) is 0 Å². The van der Waals surface area contributed by atoms with E-state index < -0.39 is 0 Å². The second-order valence-corrected chi connectivity index (χ2v) is 6.47. The summed E-state index contributed by atoms with van der Waals surface area (Å²) in [6.45, 7) is 0. The van der Waals surface area contributed by atoms with Crippen LogP contribution in [0.1, 0.15) is 43.7 Å². The van der Waals surface area contributed by atoms with Gasteiger partial charge in [0.25, 0.3) is 5.56 Å². The van der Waals surface area contributed by atoms with Gasteiger partial charge < -0.3 is 0 Å². The Balaban J connectivity index is 1.74. The fourth-order valence-electron chi connectivity index (χ4n) is 3.30. The van der Waals surface area contributed by atoms with E-state index in [2.05, 4.69) is 10.1 Å². The molecule has 0 aliphatic heterocycles. The number of rotatable bonds is 5. The summed E-state index contributed by atoms with van der Waals surface area (Å²) in [7, 11) is 1.72. The number of H-pyrrole nitrogens is 1. The molecule has 1 aromatic carbocycles. The zero-order chi connectivity index (χ0) is 17.6. The molecule has 1 aliphatic carbocycles. The Labute approximate surface area is 146 Å². The van der Waals surface area contributed by atoms with Crippen molar-refractivity contribution in [2.75, 3.05) is 12.1 Å². The van der Waals surface area contributed by atoms with Gasteiger partial charge in [-0.05, 0) is 18.4 Å². The molecule has 0 spiro atoms. The van der Waals surface area contributed by atoms with Crippen LogP contribution in [0.4, 0.5) is 5.82 Å². The highest BCUT2D eigenvalue weighted by molar-refractivity contribution is 5.63. The lowest BCUT2D eigenvalue weighted by Crippen LogP contribution is -2.39. The van der Waals surface area contributed by atoms with Crippen molar-refractivity contribution in [2.24, 2.45) is 5.10 Å². The van der Waals surface area contributed by atoms with E-state index in [9.17, 15) is 9.59 Å². The lowest BCUT2D eigenvalue weighted by atomic mass is 9.95. The van der Waals surface area contributed by atoms with Gasteiger partial charge in [-0.15, -0.1) is 0 Å². The zero-order valence-electron chi connectivity index (χ0n) is 14.5. The summed E-state index contributed by atoms with van der Waals surface area (Å²) in [5.41, 5.74) is 0.552. The molecule has 6 heteroatoms. The summed E-state index contributed by atoms with van der Waals surface area (Å²) >= 11 is 0. The quantitative estimate of drug-likeness (QED) is 0.672. The van der Waals surface area contributed by atoms with Gasteiger partial charge in [-0.3, -0.25) is 19.4 Å². The first-order chi connectivity index (χ1) is 12.1. The van der Waals surface area contributed by atoms with Crippen LogP contribution in [0.25, 0.3) is 0 Å². The molecule has 2 aromatic rings. The van der Waals surface area contributed by atoms with Gasteiger partial charge >= 0.3 is 5.69 Å². The number of aromatic nitrogens is 2. The maximum absolute atomic E-state index is 12.4. The number of aromatic amines is 1. The molecule has 0 atom stereocenters. The second-order valence-electron chi connectivity index (χ2n) is 6.47. The van der Waals surface area contributed by atoms with Crippen LogP contribution in [-0.2, 0) is 6.42 Å². The van der Waals surface area contributed by atoms with Gasteiger partial charge in [-0.25, -0.2) is 4.79 Å². The van der Waals surface area contributed by atoms with E-state index in [0.29, 0.717) is 12.2 Å². The van der Waals surface area contributed by atoms with E-state index in [-0.39, 0.29) is 17.3 Å². The number of anilines is 1. The first kappa shape index (κ1) is 17.2. The van der Waals surface area contributed by atoms with Gasteiger partial charge in [0.1, 0.15) is 5.82 Å². The Hall–Kier alpha value is -2.63. The minimum absolute atomic E-state index is 0.0194. The molecular formula is C19H24N4O2. The monoisotopic (exact) mass is 340 g/mol. The molecule has 25 heavy (non-hydrogen) atoms. The maximum atomic E-state index is 12.4.